The van der Waals surface area contributed by atoms with Crippen molar-refractivity contribution in [2.45, 2.75) is 77.7 Å². The molecule has 0 bridgehead atoms. The SMILES string of the molecule is C=CCCCCCCCCCCOP(=O)(F)OC(C)C. The molecule has 0 radical (unpaired) electrons. The fourth-order valence-electron chi connectivity index (χ4n) is 1.91. The van der Waals surface area contributed by atoms with Crippen LogP contribution in [0.3, 0.4) is 0 Å². The summed E-state index contributed by atoms with van der Waals surface area (Å²) in [6.07, 6.45) is 11.7. The van der Waals surface area contributed by atoms with Gasteiger partial charge < -0.3 is 0 Å². The van der Waals surface area contributed by atoms with Crippen LogP contribution in [0.2, 0.25) is 0 Å². The minimum Gasteiger partial charge on any atom is -0.284 e. The van der Waals surface area contributed by atoms with E-state index in [0.717, 1.165) is 25.7 Å². The molecular weight excluding hydrogens is 278 g/mol. The minimum atomic E-state index is -4.33. The predicted octanol–water partition coefficient (Wildman–Crippen LogP) is 6.20. The molecule has 0 rings (SSSR count). The second kappa shape index (κ2) is 12.6. The largest absolute Gasteiger partial charge is 0.513 e. The lowest BCUT2D eigenvalue weighted by atomic mass is 10.1. The summed E-state index contributed by atoms with van der Waals surface area (Å²) >= 11 is 0. The van der Waals surface area contributed by atoms with Crippen LogP contribution in [0.15, 0.2) is 12.7 Å². The van der Waals surface area contributed by atoms with E-state index in [1.807, 2.05) is 6.08 Å². The third-order valence-corrected chi connectivity index (χ3v) is 4.05. The van der Waals surface area contributed by atoms with Crippen molar-refractivity contribution in [1.29, 1.82) is 0 Å². The van der Waals surface area contributed by atoms with Gasteiger partial charge in [0.1, 0.15) is 0 Å². The topological polar surface area (TPSA) is 35.5 Å². The Balaban J connectivity index is 3.28. The van der Waals surface area contributed by atoms with Gasteiger partial charge in [-0.15, -0.1) is 10.8 Å². The highest BCUT2D eigenvalue weighted by Crippen LogP contribution is 2.50. The summed E-state index contributed by atoms with van der Waals surface area (Å²) in [6.45, 7) is 7.13. The maximum Gasteiger partial charge on any atom is 0.513 e. The molecule has 0 saturated heterocycles. The molecule has 1 atom stereocenters. The molecule has 0 N–H and O–H groups in total. The van der Waals surface area contributed by atoms with E-state index in [4.69, 9.17) is 0 Å². The standard InChI is InChI=1S/C15H30FO3P/c1-4-5-6-7-8-9-10-11-12-13-14-18-20(16,17)19-15(2)3/h4,15H,1,5-14H2,2-3H3. The number of halogens is 1. The Bertz CT molecular complexity index is 282. The van der Waals surface area contributed by atoms with Crippen LogP contribution in [0.5, 0.6) is 0 Å². The molecule has 0 heterocycles. The summed E-state index contributed by atoms with van der Waals surface area (Å²) in [6, 6.07) is 0. The van der Waals surface area contributed by atoms with E-state index in [1.165, 1.54) is 32.1 Å². The molecule has 0 spiro atoms. The summed E-state index contributed by atoms with van der Waals surface area (Å²) < 4.78 is 33.6. The minimum absolute atomic E-state index is 0.167. The fourth-order valence-corrected chi connectivity index (χ4v) is 2.82. The first-order chi connectivity index (χ1) is 9.48. The van der Waals surface area contributed by atoms with E-state index in [0.29, 0.717) is 0 Å². The van der Waals surface area contributed by atoms with E-state index in [2.05, 4.69) is 15.6 Å². The molecule has 0 aromatic rings. The van der Waals surface area contributed by atoms with Gasteiger partial charge in [-0.05, 0) is 33.1 Å². The number of hydrogen-bond acceptors (Lipinski definition) is 3. The van der Waals surface area contributed by atoms with Crippen LogP contribution in [0, 0.1) is 0 Å². The first kappa shape index (κ1) is 19.8. The zero-order valence-corrected chi connectivity index (χ0v) is 13.9. The highest BCUT2D eigenvalue weighted by atomic mass is 31.2. The van der Waals surface area contributed by atoms with Gasteiger partial charge in [0.25, 0.3) is 0 Å². The molecule has 1 unspecified atom stereocenters. The van der Waals surface area contributed by atoms with Gasteiger partial charge in [0, 0.05) is 0 Å². The molecule has 20 heavy (non-hydrogen) atoms. The van der Waals surface area contributed by atoms with Crippen molar-refractivity contribution in [3.8, 4) is 0 Å². The molecule has 0 saturated carbocycles. The van der Waals surface area contributed by atoms with Crippen molar-refractivity contribution in [2.24, 2.45) is 0 Å². The Labute approximate surface area is 123 Å². The Kier molecular flexibility index (Phi) is 12.4. The maximum atomic E-state index is 13.2. The van der Waals surface area contributed by atoms with Crippen LogP contribution in [-0.2, 0) is 13.6 Å². The van der Waals surface area contributed by atoms with Gasteiger partial charge in [0.05, 0.1) is 12.7 Å². The molecule has 0 aliphatic heterocycles. The third kappa shape index (κ3) is 14.2. The highest BCUT2D eigenvalue weighted by molar-refractivity contribution is 7.48. The molecule has 0 aromatic heterocycles. The van der Waals surface area contributed by atoms with Crippen molar-refractivity contribution in [2.75, 3.05) is 6.61 Å². The summed E-state index contributed by atoms with van der Waals surface area (Å²) in [7, 11) is -4.33. The fraction of sp³-hybridized carbons (Fsp3) is 0.867. The maximum absolute atomic E-state index is 13.2. The molecular formula is C15H30FO3P. The Hall–Kier alpha value is -0.180. The van der Waals surface area contributed by atoms with Crippen LogP contribution < -0.4 is 0 Å². The number of unbranched alkanes of at least 4 members (excludes halogenated alkanes) is 8. The third-order valence-electron chi connectivity index (χ3n) is 2.88. The Morgan fingerprint density at radius 1 is 1.05 bits per heavy atom. The predicted molar refractivity (Wildman–Crippen MR) is 82.6 cm³/mol. The monoisotopic (exact) mass is 308 g/mol. The second-order valence-corrected chi connectivity index (χ2v) is 6.65. The second-order valence-electron chi connectivity index (χ2n) is 5.32. The van der Waals surface area contributed by atoms with Gasteiger partial charge in [-0.2, -0.15) is 0 Å². The van der Waals surface area contributed by atoms with Crippen molar-refractivity contribution < 1.29 is 17.8 Å². The van der Waals surface area contributed by atoms with Crippen LogP contribution in [-0.4, -0.2) is 12.7 Å². The lowest BCUT2D eigenvalue weighted by Gasteiger charge is -2.12. The van der Waals surface area contributed by atoms with Crippen LogP contribution >= 0.6 is 7.91 Å². The van der Waals surface area contributed by atoms with E-state index in [1.54, 1.807) is 13.8 Å². The zero-order valence-electron chi connectivity index (χ0n) is 13.0. The first-order valence-corrected chi connectivity index (χ1v) is 9.15. The van der Waals surface area contributed by atoms with Crippen LogP contribution in [0.4, 0.5) is 4.20 Å². The molecule has 5 heteroatoms. The van der Waals surface area contributed by atoms with Crippen molar-refractivity contribution in [3.63, 3.8) is 0 Å². The van der Waals surface area contributed by atoms with Crippen LogP contribution in [0.25, 0.3) is 0 Å². The average molecular weight is 308 g/mol. The molecule has 0 aliphatic rings. The lowest BCUT2D eigenvalue weighted by Crippen LogP contribution is -2.01. The summed E-state index contributed by atoms with van der Waals surface area (Å²) in [4.78, 5) is 0. The lowest BCUT2D eigenvalue weighted by molar-refractivity contribution is 0.140. The molecule has 0 aromatic carbocycles. The van der Waals surface area contributed by atoms with E-state index in [9.17, 15) is 8.76 Å². The summed E-state index contributed by atoms with van der Waals surface area (Å²) in [5.41, 5.74) is 0. The Morgan fingerprint density at radius 2 is 1.55 bits per heavy atom. The summed E-state index contributed by atoms with van der Waals surface area (Å²) in [5.74, 6) is 0. The number of rotatable bonds is 14. The first-order valence-electron chi connectivity index (χ1n) is 7.71. The number of hydrogen-bond donors (Lipinski definition) is 0. The number of allylic oxidation sites excluding steroid dienone is 1. The van der Waals surface area contributed by atoms with Gasteiger partial charge >= 0.3 is 7.91 Å². The van der Waals surface area contributed by atoms with Gasteiger partial charge in [-0.25, -0.2) is 4.57 Å². The van der Waals surface area contributed by atoms with E-state index in [-0.39, 0.29) is 6.61 Å². The normalized spacial score (nSPS) is 14.4. The van der Waals surface area contributed by atoms with Gasteiger partial charge in [0.2, 0.25) is 0 Å². The molecule has 3 nitrogen and oxygen atoms in total. The van der Waals surface area contributed by atoms with E-state index < -0.39 is 14.0 Å². The van der Waals surface area contributed by atoms with Gasteiger partial charge in [0.15, 0.2) is 0 Å². The van der Waals surface area contributed by atoms with Crippen LogP contribution in [0.1, 0.15) is 71.6 Å². The van der Waals surface area contributed by atoms with Crippen molar-refractivity contribution in [3.05, 3.63) is 12.7 Å². The molecule has 0 aliphatic carbocycles. The molecule has 120 valence electrons. The van der Waals surface area contributed by atoms with Gasteiger partial charge in [-0.3, -0.25) is 9.05 Å². The zero-order chi connectivity index (χ0) is 15.3. The quantitative estimate of drug-likeness (QED) is 0.218. The highest BCUT2D eigenvalue weighted by Gasteiger charge is 2.24. The average Bonchev–Trinajstić information content (AvgIpc) is 2.34. The van der Waals surface area contributed by atoms with E-state index >= 15 is 0 Å². The Morgan fingerprint density at radius 3 is 2.05 bits per heavy atom. The van der Waals surface area contributed by atoms with Gasteiger partial charge in [-0.1, -0.05) is 44.6 Å². The van der Waals surface area contributed by atoms with Crippen molar-refractivity contribution >= 4 is 7.91 Å². The van der Waals surface area contributed by atoms with Crippen molar-refractivity contribution in [1.82, 2.24) is 0 Å². The molecule has 0 fully saturated rings. The smallest absolute Gasteiger partial charge is 0.284 e. The summed E-state index contributed by atoms with van der Waals surface area (Å²) in [5, 5.41) is 0. The molecule has 0 amide bonds.